The summed E-state index contributed by atoms with van der Waals surface area (Å²) in [5, 5.41) is 5.02. The average molecular weight is 635 g/mol. The fraction of sp³-hybridized carbons (Fsp3) is 0. The minimum atomic E-state index is 1.20. The third-order valence-electron chi connectivity index (χ3n) is 9.91. The molecule has 0 nitrogen and oxygen atoms in total. The molecule has 0 fully saturated rings. The second kappa shape index (κ2) is 12.8. The molecule has 0 radical (unpaired) electrons. The van der Waals surface area contributed by atoms with Gasteiger partial charge in [0.15, 0.2) is 0 Å². The minimum absolute atomic E-state index is 1.20. The molecule has 0 saturated carbocycles. The molecule has 0 aliphatic heterocycles. The first-order chi connectivity index (χ1) is 24.8. The molecular formula is C50H34. The Bertz CT molecular complexity index is 2540. The highest BCUT2D eigenvalue weighted by atomic mass is 14.2. The molecule has 234 valence electrons. The molecule has 9 aromatic rings. The number of benzene rings is 9. The van der Waals surface area contributed by atoms with Crippen LogP contribution in [0.4, 0.5) is 0 Å². The van der Waals surface area contributed by atoms with Gasteiger partial charge in [0.25, 0.3) is 0 Å². The van der Waals surface area contributed by atoms with Crippen LogP contribution in [0.3, 0.4) is 0 Å². The Kier molecular flexibility index (Phi) is 7.61. The first-order valence-corrected chi connectivity index (χ1v) is 17.3. The molecule has 0 heteroatoms. The van der Waals surface area contributed by atoms with E-state index in [4.69, 9.17) is 0 Å². The largest absolute Gasteiger partial charge is 0.0622 e. The maximum Gasteiger partial charge on any atom is -0.00199 e. The summed E-state index contributed by atoms with van der Waals surface area (Å²) in [7, 11) is 0. The summed E-state index contributed by atoms with van der Waals surface area (Å²) in [5.41, 5.74) is 14.7. The van der Waals surface area contributed by atoms with E-state index < -0.39 is 0 Å². The molecule has 0 atom stereocenters. The van der Waals surface area contributed by atoms with Gasteiger partial charge in [-0.1, -0.05) is 200 Å². The first kappa shape index (κ1) is 29.6. The molecule has 0 saturated heterocycles. The Hall–Kier alpha value is -6.50. The van der Waals surface area contributed by atoms with E-state index in [1.54, 1.807) is 0 Å². The van der Waals surface area contributed by atoms with E-state index in [0.29, 0.717) is 0 Å². The summed E-state index contributed by atoms with van der Waals surface area (Å²) in [5.74, 6) is 0. The van der Waals surface area contributed by atoms with E-state index >= 15 is 0 Å². The number of fused-ring (bicyclic) bond motifs is 2. The monoisotopic (exact) mass is 634 g/mol. The van der Waals surface area contributed by atoms with Crippen molar-refractivity contribution in [3.8, 4) is 66.8 Å². The number of hydrogen-bond acceptors (Lipinski definition) is 0. The predicted octanol–water partition coefficient (Wildman–Crippen LogP) is 14.0. The summed E-state index contributed by atoms with van der Waals surface area (Å²) in [6, 6.07) is 74.9. The van der Waals surface area contributed by atoms with Crippen molar-refractivity contribution in [1.29, 1.82) is 0 Å². The summed E-state index contributed by atoms with van der Waals surface area (Å²) >= 11 is 0. The fourth-order valence-electron chi connectivity index (χ4n) is 7.58. The maximum absolute atomic E-state index is 2.43. The van der Waals surface area contributed by atoms with Crippen LogP contribution >= 0.6 is 0 Å². The molecule has 9 aromatic carbocycles. The van der Waals surface area contributed by atoms with Crippen molar-refractivity contribution < 1.29 is 0 Å². The summed E-state index contributed by atoms with van der Waals surface area (Å²) in [6.07, 6.45) is 0. The first-order valence-electron chi connectivity index (χ1n) is 17.3. The molecule has 0 aliphatic rings. The van der Waals surface area contributed by atoms with Crippen LogP contribution in [0.1, 0.15) is 0 Å². The molecule has 9 rings (SSSR count). The molecule has 50 heavy (non-hydrogen) atoms. The summed E-state index contributed by atoms with van der Waals surface area (Å²) in [4.78, 5) is 0. The van der Waals surface area contributed by atoms with Crippen molar-refractivity contribution in [3.63, 3.8) is 0 Å². The van der Waals surface area contributed by atoms with Crippen LogP contribution in [0, 0.1) is 0 Å². The van der Waals surface area contributed by atoms with Crippen LogP contribution < -0.4 is 0 Å². The van der Waals surface area contributed by atoms with Gasteiger partial charge in [0, 0.05) is 0 Å². The van der Waals surface area contributed by atoms with Gasteiger partial charge < -0.3 is 0 Å². The molecule has 0 bridgehead atoms. The average Bonchev–Trinajstić information content (AvgIpc) is 3.21. The van der Waals surface area contributed by atoms with Gasteiger partial charge in [0.1, 0.15) is 0 Å². The normalized spacial score (nSPS) is 11.2. The second-order valence-corrected chi connectivity index (χ2v) is 12.8. The second-order valence-electron chi connectivity index (χ2n) is 12.8. The molecule has 0 heterocycles. The van der Waals surface area contributed by atoms with Crippen LogP contribution in [0.5, 0.6) is 0 Å². The zero-order chi connectivity index (χ0) is 33.3. The van der Waals surface area contributed by atoms with E-state index in [9.17, 15) is 0 Å². The lowest BCUT2D eigenvalue weighted by Crippen LogP contribution is -1.94. The van der Waals surface area contributed by atoms with Crippen LogP contribution in [0.2, 0.25) is 0 Å². The Morgan fingerprint density at radius 2 is 0.520 bits per heavy atom. The van der Waals surface area contributed by atoms with Crippen molar-refractivity contribution in [3.05, 3.63) is 206 Å². The maximum atomic E-state index is 2.43. The van der Waals surface area contributed by atoms with Crippen LogP contribution in [0.15, 0.2) is 206 Å². The van der Waals surface area contributed by atoms with Crippen LogP contribution in [-0.4, -0.2) is 0 Å². The molecule has 0 N–H and O–H groups in total. The molecular weight excluding hydrogens is 601 g/mol. The quantitative estimate of drug-likeness (QED) is 0.160. The van der Waals surface area contributed by atoms with Crippen molar-refractivity contribution in [1.82, 2.24) is 0 Å². The van der Waals surface area contributed by atoms with Gasteiger partial charge in [0.2, 0.25) is 0 Å². The van der Waals surface area contributed by atoms with Crippen molar-refractivity contribution >= 4 is 21.5 Å². The van der Waals surface area contributed by atoms with Gasteiger partial charge in [-0.3, -0.25) is 0 Å². The number of rotatable bonds is 6. The van der Waals surface area contributed by atoms with E-state index in [1.807, 2.05) is 0 Å². The topological polar surface area (TPSA) is 0 Å². The van der Waals surface area contributed by atoms with Crippen LogP contribution in [-0.2, 0) is 0 Å². The highest BCUT2D eigenvalue weighted by Gasteiger charge is 2.20. The molecule has 0 amide bonds. The molecule has 0 aromatic heterocycles. The smallest absolute Gasteiger partial charge is 0.00199 e. The lowest BCUT2D eigenvalue weighted by molar-refractivity contribution is 1.56. The summed E-state index contributed by atoms with van der Waals surface area (Å²) < 4.78 is 0. The van der Waals surface area contributed by atoms with E-state index in [2.05, 4.69) is 206 Å². The van der Waals surface area contributed by atoms with Gasteiger partial charge in [-0.25, -0.2) is 0 Å². The minimum Gasteiger partial charge on any atom is -0.0622 e. The number of hydrogen-bond donors (Lipinski definition) is 0. The Balaban J connectivity index is 1.34. The third-order valence-corrected chi connectivity index (χ3v) is 9.91. The lowest BCUT2D eigenvalue weighted by atomic mass is 9.82. The molecule has 0 aliphatic carbocycles. The summed E-state index contributed by atoms with van der Waals surface area (Å²) in [6.45, 7) is 0. The SMILES string of the molecule is c1ccc(-c2ccc(-c3ccc(-c4ccccc4-c4ccccc4)cc3-c3c4ccccc4c(-c4ccccc4)c4ccccc34)cc2)cc1. The van der Waals surface area contributed by atoms with Crippen molar-refractivity contribution in [2.45, 2.75) is 0 Å². The van der Waals surface area contributed by atoms with Gasteiger partial charge in [0.05, 0.1) is 0 Å². The highest BCUT2D eigenvalue weighted by Crippen LogP contribution is 2.47. The third kappa shape index (κ3) is 5.28. The van der Waals surface area contributed by atoms with Gasteiger partial charge in [-0.2, -0.15) is 0 Å². The molecule has 0 spiro atoms. The molecule has 0 unspecified atom stereocenters. The lowest BCUT2D eigenvalue weighted by Gasteiger charge is -2.21. The van der Waals surface area contributed by atoms with Crippen molar-refractivity contribution in [2.75, 3.05) is 0 Å². The standard InChI is InChI=1S/C50H34/c1-4-16-35(17-5-1)36-28-30-38(31-29-36)43-33-32-40(42-23-11-10-22-41(42)37-18-6-2-7-19-37)34-48(43)50-46-26-14-12-24-44(46)49(39-20-8-3-9-21-39)45-25-13-15-27-47(45)50/h1-34H. The van der Waals surface area contributed by atoms with E-state index in [0.717, 1.165) is 0 Å². The van der Waals surface area contributed by atoms with Gasteiger partial charge in [-0.15, -0.1) is 0 Å². The highest BCUT2D eigenvalue weighted by molar-refractivity contribution is 6.22. The van der Waals surface area contributed by atoms with Crippen LogP contribution in [0.25, 0.3) is 88.3 Å². The zero-order valence-corrected chi connectivity index (χ0v) is 27.6. The Morgan fingerprint density at radius 3 is 1.08 bits per heavy atom. The zero-order valence-electron chi connectivity index (χ0n) is 27.6. The van der Waals surface area contributed by atoms with E-state index in [-0.39, 0.29) is 0 Å². The van der Waals surface area contributed by atoms with Gasteiger partial charge in [-0.05, 0) is 94.4 Å². The van der Waals surface area contributed by atoms with Crippen molar-refractivity contribution in [2.24, 2.45) is 0 Å². The fourth-order valence-corrected chi connectivity index (χ4v) is 7.58. The van der Waals surface area contributed by atoms with E-state index in [1.165, 1.54) is 88.3 Å². The Morgan fingerprint density at radius 1 is 0.180 bits per heavy atom. The predicted molar refractivity (Wildman–Crippen MR) is 214 cm³/mol. The van der Waals surface area contributed by atoms with Gasteiger partial charge >= 0.3 is 0 Å². The Labute approximate surface area is 293 Å².